The summed E-state index contributed by atoms with van der Waals surface area (Å²) in [5, 5.41) is 0. The van der Waals surface area contributed by atoms with Gasteiger partial charge in [0.05, 0.1) is 0 Å². The molecule has 1 amide bonds. The van der Waals surface area contributed by atoms with Crippen molar-refractivity contribution >= 4 is 6.09 Å². The molecule has 0 aromatic carbocycles. The summed E-state index contributed by atoms with van der Waals surface area (Å²) in [6, 6.07) is 0. The SMILES string of the molecule is CC(C)(C)OC(=O)N1CC[CH-]CCC1.[Zn+2]. The van der Waals surface area contributed by atoms with Gasteiger partial charge in [-0.2, -0.15) is 12.8 Å². The fourth-order valence-electron chi connectivity index (χ4n) is 1.44. The summed E-state index contributed by atoms with van der Waals surface area (Å²) in [5.74, 6) is 0. The van der Waals surface area contributed by atoms with Gasteiger partial charge in [0, 0.05) is 6.54 Å². The summed E-state index contributed by atoms with van der Waals surface area (Å²) in [5.41, 5.74) is -0.382. The fourth-order valence-corrected chi connectivity index (χ4v) is 1.44. The molecule has 0 aromatic rings. The number of hydrogen-bond donors (Lipinski definition) is 0. The summed E-state index contributed by atoms with van der Waals surface area (Å²) in [6.45, 7) is 7.32. The van der Waals surface area contributed by atoms with Crippen molar-refractivity contribution in [2.45, 2.75) is 45.6 Å². The molecule has 0 N–H and O–H groups in total. The smallest absolute Gasteiger partial charge is 0.444 e. The molecule has 0 saturated carbocycles. The number of amides is 1. The molecule has 3 nitrogen and oxygen atoms in total. The van der Waals surface area contributed by atoms with Gasteiger partial charge in [-0.1, -0.05) is 6.42 Å². The first kappa shape index (κ1) is 14.9. The molecule has 0 bridgehead atoms. The van der Waals surface area contributed by atoms with Crippen LogP contribution in [0.4, 0.5) is 4.79 Å². The molecule has 1 aliphatic rings. The summed E-state index contributed by atoms with van der Waals surface area (Å²) < 4.78 is 5.31. The Balaban J connectivity index is 0.00000196. The van der Waals surface area contributed by atoms with E-state index < -0.39 is 0 Å². The second-order valence-corrected chi connectivity index (χ2v) is 4.69. The Bertz CT molecular complexity index is 193. The van der Waals surface area contributed by atoms with Crippen LogP contribution in [-0.2, 0) is 24.2 Å². The van der Waals surface area contributed by atoms with Gasteiger partial charge in [-0.3, -0.25) is 0 Å². The summed E-state index contributed by atoms with van der Waals surface area (Å²) in [4.78, 5) is 13.5. The topological polar surface area (TPSA) is 29.5 Å². The largest absolute Gasteiger partial charge is 2.00 e. The standard InChI is InChI=1S/C11H20NO2.Zn/c1-11(2,3)14-10(13)12-8-6-4-5-7-9-12;/h4H,5-9H2,1-3H3;/q-1;+2. The Kier molecular flexibility index (Phi) is 6.42. The summed E-state index contributed by atoms with van der Waals surface area (Å²) in [7, 11) is 0. The molecule has 0 radical (unpaired) electrons. The van der Waals surface area contributed by atoms with E-state index >= 15 is 0 Å². The molecule has 0 aliphatic carbocycles. The molecule has 1 heterocycles. The first-order valence-corrected chi connectivity index (χ1v) is 5.28. The van der Waals surface area contributed by atoms with Gasteiger partial charge in [-0.25, -0.2) is 4.79 Å². The van der Waals surface area contributed by atoms with Gasteiger partial charge in [0.15, 0.2) is 0 Å². The summed E-state index contributed by atoms with van der Waals surface area (Å²) >= 11 is 0. The van der Waals surface area contributed by atoms with Gasteiger partial charge in [0.1, 0.15) is 5.60 Å². The minimum Gasteiger partial charge on any atom is -0.444 e. The number of nitrogens with zero attached hydrogens (tertiary/aromatic N) is 1. The van der Waals surface area contributed by atoms with E-state index in [1.54, 1.807) is 4.90 Å². The van der Waals surface area contributed by atoms with E-state index in [1.165, 1.54) is 0 Å². The molecule has 0 atom stereocenters. The van der Waals surface area contributed by atoms with E-state index in [0.29, 0.717) is 0 Å². The zero-order valence-corrected chi connectivity index (χ0v) is 13.1. The van der Waals surface area contributed by atoms with Crippen LogP contribution in [0.2, 0.25) is 0 Å². The Labute approximate surface area is 105 Å². The van der Waals surface area contributed by atoms with Crippen molar-refractivity contribution in [1.29, 1.82) is 0 Å². The van der Waals surface area contributed by atoms with Crippen LogP contribution in [0.25, 0.3) is 0 Å². The molecule has 1 rings (SSSR count). The number of carbonyl (C=O) groups excluding carboxylic acids is 1. The normalized spacial score (nSPS) is 17.7. The Morgan fingerprint density at radius 3 is 2.53 bits per heavy atom. The van der Waals surface area contributed by atoms with E-state index in [4.69, 9.17) is 4.74 Å². The summed E-state index contributed by atoms with van der Waals surface area (Å²) in [6.07, 6.45) is 5.22. The Morgan fingerprint density at radius 2 is 1.93 bits per heavy atom. The van der Waals surface area contributed by atoms with Gasteiger partial charge in [0.2, 0.25) is 0 Å². The zero-order valence-electron chi connectivity index (χ0n) is 10.1. The van der Waals surface area contributed by atoms with E-state index in [-0.39, 0.29) is 31.2 Å². The van der Waals surface area contributed by atoms with Crippen molar-refractivity contribution in [2.75, 3.05) is 13.1 Å². The molecule has 4 heteroatoms. The third kappa shape index (κ3) is 6.14. The van der Waals surface area contributed by atoms with Crippen LogP contribution in [0.5, 0.6) is 0 Å². The number of rotatable bonds is 0. The van der Waals surface area contributed by atoms with Crippen LogP contribution in [0.1, 0.15) is 40.0 Å². The van der Waals surface area contributed by atoms with Crippen LogP contribution >= 0.6 is 0 Å². The van der Waals surface area contributed by atoms with Crippen molar-refractivity contribution in [3.63, 3.8) is 0 Å². The third-order valence-electron chi connectivity index (χ3n) is 2.09. The van der Waals surface area contributed by atoms with E-state index in [2.05, 4.69) is 6.42 Å². The first-order chi connectivity index (χ1) is 6.49. The Morgan fingerprint density at radius 1 is 1.27 bits per heavy atom. The van der Waals surface area contributed by atoms with Crippen molar-refractivity contribution in [1.82, 2.24) is 4.90 Å². The Hall–Kier alpha value is -0.107. The predicted molar refractivity (Wildman–Crippen MR) is 56.0 cm³/mol. The molecular weight excluding hydrogens is 244 g/mol. The van der Waals surface area contributed by atoms with E-state index in [0.717, 1.165) is 32.4 Å². The number of hydrogen-bond acceptors (Lipinski definition) is 2. The maximum atomic E-state index is 11.7. The fraction of sp³-hybridized carbons (Fsp3) is 0.818. The molecule has 15 heavy (non-hydrogen) atoms. The van der Waals surface area contributed by atoms with Crippen molar-refractivity contribution in [2.24, 2.45) is 0 Å². The van der Waals surface area contributed by atoms with Gasteiger partial charge in [0.25, 0.3) is 0 Å². The third-order valence-corrected chi connectivity index (χ3v) is 2.09. The minimum atomic E-state index is -0.382. The van der Waals surface area contributed by atoms with Crippen molar-refractivity contribution in [3.8, 4) is 0 Å². The van der Waals surface area contributed by atoms with Crippen LogP contribution in [0.15, 0.2) is 0 Å². The number of ether oxygens (including phenoxy) is 1. The average Bonchev–Trinajstić information content (AvgIpc) is 2.27. The predicted octanol–water partition coefficient (Wildman–Crippen LogP) is 2.61. The monoisotopic (exact) mass is 262 g/mol. The van der Waals surface area contributed by atoms with Crippen molar-refractivity contribution < 1.29 is 29.0 Å². The molecule has 0 spiro atoms. The molecule has 1 saturated heterocycles. The van der Waals surface area contributed by atoms with Crippen LogP contribution in [-0.4, -0.2) is 29.7 Å². The van der Waals surface area contributed by atoms with Crippen molar-refractivity contribution in [3.05, 3.63) is 6.42 Å². The van der Waals surface area contributed by atoms with Gasteiger partial charge < -0.3 is 16.1 Å². The van der Waals surface area contributed by atoms with Gasteiger partial charge in [-0.05, 0) is 27.3 Å². The second kappa shape index (κ2) is 6.47. The molecular formula is C11H20NO2Zn+. The molecule has 1 aliphatic heterocycles. The van der Waals surface area contributed by atoms with Crippen LogP contribution in [0, 0.1) is 6.42 Å². The molecule has 0 unspecified atom stereocenters. The average molecular weight is 264 g/mol. The quantitative estimate of drug-likeness (QED) is 0.497. The zero-order chi connectivity index (χ0) is 10.6. The van der Waals surface area contributed by atoms with Gasteiger partial charge in [-0.15, -0.1) is 0 Å². The van der Waals surface area contributed by atoms with Gasteiger partial charge >= 0.3 is 25.6 Å². The van der Waals surface area contributed by atoms with Crippen LogP contribution in [0.3, 0.4) is 0 Å². The van der Waals surface area contributed by atoms with Crippen LogP contribution < -0.4 is 0 Å². The maximum Gasteiger partial charge on any atom is 2.00 e. The molecule has 82 valence electrons. The van der Waals surface area contributed by atoms with E-state index in [9.17, 15) is 4.79 Å². The van der Waals surface area contributed by atoms with E-state index in [1.807, 2.05) is 20.8 Å². The first-order valence-electron chi connectivity index (χ1n) is 5.28. The second-order valence-electron chi connectivity index (χ2n) is 4.69. The molecule has 1 fully saturated rings. The molecule has 0 aromatic heterocycles. The number of likely N-dealkylation sites (tertiary alicyclic amines) is 1. The number of carbonyl (C=O) groups is 1. The minimum absolute atomic E-state index is 0. The maximum absolute atomic E-state index is 11.7.